The summed E-state index contributed by atoms with van der Waals surface area (Å²) in [5.74, 6) is 5.22. The van der Waals surface area contributed by atoms with E-state index < -0.39 is 0 Å². The third-order valence-corrected chi connectivity index (χ3v) is 4.46. The molecular formula is C21H21N5O3. The number of nitriles is 1. The van der Waals surface area contributed by atoms with Gasteiger partial charge in [0.2, 0.25) is 11.6 Å². The first-order chi connectivity index (χ1) is 14.1. The van der Waals surface area contributed by atoms with Crippen LogP contribution in [0.3, 0.4) is 0 Å². The molecule has 0 radical (unpaired) electrons. The maximum absolute atomic E-state index is 9.14. The van der Waals surface area contributed by atoms with Crippen molar-refractivity contribution in [3.63, 3.8) is 0 Å². The molecule has 0 aliphatic rings. The Kier molecular flexibility index (Phi) is 6.16. The Morgan fingerprint density at radius 1 is 1.10 bits per heavy atom. The number of nitrogens with zero attached hydrogens (tertiary/aromatic N) is 5. The van der Waals surface area contributed by atoms with Crippen molar-refractivity contribution < 1.29 is 14.2 Å². The summed E-state index contributed by atoms with van der Waals surface area (Å²) in [4.78, 5) is 13.0. The van der Waals surface area contributed by atoms with E-state index in [9.17, 15) is 0 Å². The minimum Gasteiger partial charge on any atom is -0.493 e. The lowest BCUT2D eigenvalue weighted by Gasteiger charge is -2.14. The highest BCUT2D eigenvalue weighted by Gasteiger charge is 2.17. The fourth-order valence-corrected chi connectivity index (χ4v) is 3.15. The number of ether oxygens (including phenoxy) is 3. The minimum absolute atomic E-state index is 0.106. The summed E-state index contributed by atoms with van der Waals surface area (Å²) in [6.45, 7) is 0.641. The monoisotopic (exact) mass is 391 g/mol. The maximum Gasteiger partial charge on any atom is 0.234 e. The largest absolute Gasteiger partial charge is 0.493 e. The molecular weight excluding hydrogens is 370 g/mol. The number of hydrogen-bond acceptors (Lipinski definition) is 7. The van der Waals surface area contributed by atoms with Crippen LogP contribution >= 0.6 is 0 Å². The number of imidazole rings is 1. The lowest BCUT2D eigenvalue weighted by Crippen LogP contribution is -2.07. The molecule has 0 spiro atoms. The zero-order chi connectivity index (χ0) is 20.8. The smallest absolute Gasteiger partial charge is 0.234 e. The molecule has 0 N–H and O–H groups in total. The Morgan fingerprint density at radius 3 is 2.41 bits per heavy atom. The van der Waals surface area contributed by atoms with Crippen LogP contribution in [0.4, 0.5) is 0 Å². The highest BCUT2D eigenvalue weighted by atomic mass is 16.5. The lowest BCUT2D eigenvalue weighted by molar-refractivity contribution is 0.324. The second-order valence-corrected chi connectivity index (χ2v) is 6.21. The van der Waals surface area contributed by atoms with Gasteiger partial charge in [0.1, 0.15) is 17.4 Å². The maximum atomic E-state index is 9.14. The Balaban J connectivity index is 2.06. The molecule has 0 atom stereocenters. The van der Waals surface area contributed by atoms with E-state index in [0.29, 0.717) is 47.8 Å². The van der Waals surface area contributed by atoms with Crippen LogP contribution < -0.4 is 14.2 Å². The van der Waals surface area contributed by atoms with Crippen molar-refractivity contribution in [2.45, 2.75) is 25.8 Å². The highest BCUT2D eigenvalue weighted by molar-refractivity contribution is 5.71. The van der Waals surface area contributed by atoms with Gasteiger partial charge < -0.3 is 18.8 Å². The van der Waals surface area contributed by atoms with Crippen LogP contribution in [0, 0.1) is 23.7 Å². The summed E-state index contributed by atoms with van der Waals surface area (Å²) in [6, 6.07) is 5.75. The van der Waals surface area contributed by atoms with Crippen molar-refractivity contribution >= 4 is 11.2 Å². The fraction of sp³-hybridized carbons (Fsp3) is 0.333. The number of rotatable bonds is 8. The number of aromatic nitrogens is 4. The predicted octanol–water partition coefficient (Wildman–Crippen LogP) is 2.73. The molecule has 8 nitrogen and oxygen atoms in total. The molecule has 0 fully saturated rings. The van der Waals surface area contributed by atoms with Gasteiger partial charge in [-0.2, -0.15) is 10.2 Å². The summed E-state index contributed by atoms with van der Waals surface area (Å²) < 4.78 is 18.3. The van der Waals surface area contributed by atoms with Crippen molar-refractivity contribution in [3.8, 4) is 35.7 Å². The summed E-state index contributed by atoms with van der Waals surface area (Å²) in [7, 11) is 4.72. The van der Waals surface area contributed by atoms with Crippen LogP contribution in [0.5, 0.6) is 17.2 Å². The molecule has 0 saturated carbocycles. The molecule has 0 unspecified atom stereocenters. The van der Waals surface area contributed by atoms with E-state index >= 15 is 0 Å². The van der Waals surface area contributed by atoms with Gasteiger partial charge in [-0.05, 0) is 24.1 Å². The Labute approximate surface area is 169 Å². The Morgan fingerprint density at radius 2 is 1.83 bits per heavy atom. The van der Waals surface area contributed by atoms with Gasteiger partial charge in [-0.3, -0.25) is 0 Å². The van der Waals surface area contributed by atoms with Crippen LogP contribution in [0.25, 0.3) is 11.2 Å². The molecule has 0 aliphatic heterocycles. The van der Waals surface area contributed by atoms with Crippen molar-refractivity contribution in [1.29, 1.82) is 5.26 Å². The molecule has 0 saturated heterocycles. The van der Waals surface area contributed by atoms with Gasteiger partial charge in [-0.1, -0.05) is 0 Å². The molecule has 0 aliphatic carbocycles. The predicted molar refractivity (Wildman–Crippen MR) is 107 cm³/mol. The average Bonchev–Trinajstić information content (AvgIpc) is 3.09. The van der Waals surface area contributed by atoms with Gasteiger partial charge in [-0.15, -0.1) is 12.3 Å². The van der Waals surface area contributed by atoms with Gasteiger partial charge in [0.15, 0.2) is 17.1 Å². The number of unbranched alkanes of at least 4 members (excludes halogenated alkanes) is 1. The van der Waals surface area contributed by atoms with Crippen molar-refractivity contribution in [2.75, 3.05) is 21.3 Å². The first kappa shape index (κ1) is 20.0. The molecule has 148 valence electrons. The number of hydrogen-bond donors (Lipinski definition) is 0. The van der Waals surface area contributed by atoms with E-state index in [0.717, 1.165) is 17.8 Å². The highest BCUT2D eigenvalue weighted by Crippen LogP contribution is 2.38. The van der Waals surface area contributed by atoms with Gasteiger partial charge >= 0.3 is 0 Å². The number of fused-ring (bicyclic) bond motifs is 1. The SMILES string of the molecule is C#CCCCn1c(Cc2cc(OC)c(OC)c(OC)c2)nc2cnc(C#N)nc21. The zero-order valence-corrected chi connectivity index (χ0v) is 16.6. The molecule has 3 aromatic rings. The molecule has 8 heteroatoms. The summed E-state index contributed by atoms with van der Waals surface area (Å²) >= 11 is 0. The van der Waals surface area contributed by atoms with E-state index in [2.05, 4.69) is 20.9 Å². The number of aryl methyl sites for hydroxylation is 1. The molecule has 3 rings (SSSR count). The second kappa shape index (κ2) is 8.94. The van der Waals surface area contributed by atoms with Crippen LogP contribution in [-0.4, -0.2) is 40.8 Å². The standard InChI is InChI=1S/C21H21N5O3/c1-5-6-7-8-26-19(24-15-13-23-18(12-22)25-21(15)26)11-14-9-16(27-2)20(29-4)17(10-14)28-3/h1,9-10,13H,6-8,11H2,2-4H3. The van der Waals surface area contributed by atoms with Gasteiger partial charge in [0.25, 0.3) is 0 Å². The molecule has 2 aromatic heterocycles. The molecule has 0 amide bonds. The van der Waals surface area contributed by atoms with E-state index in [1.807, 2.05) is 22.8 Å². The van der Waals surface area contributed by atoms with Crippen LogP contribution in [0.1, 0.15) is 30.1 Å². The zero-order valence-electron chi connectivity index (χ0n) is 16.6. The van der Waals surface area contributed by atoms with E-state index in [1.165, 1.54) is 0 Å². The van der Waals surface area contributed by atoms with Crippen LogP contribution in [-0.2, 0) is 13.0 Å². The summed E-state index contributed by atoms with van der Waals surface area (Å²) in [6.07, 6.45) is 8.88. The Hall–Kier alpha value is -3.78. The fourth-order valence-electron chi connectivity index (χ4n) is 3.15. The molecule has 1 aromatic carbocycles. The van der Waals surface area contributed by atoms with Gasteiger partial charge in [0, 0.05) is 19.4 Å². The van der Waals surface area contributed by atoms with Crippen molar-refractivity contribution in [1.82, 2.24) is 19.5 Å². The van der Waals surface area contributed by atoms with Crippen LogP contribution in [0.15, 0.2) is 18.3 Å². The quantitative estimate of drug-likeness (QED) is 0.430. The van der Waals surface area contributed by atoms with E-state index in [1.54, 1.807) is 27.5 Å². The topological polar surface area (TPSA) is 95.1 Å². The summed E-state index contributed by atoms with van der Waals surface area (Å²) in [5.41, 5.74) is 2.18. The number of terminal acetylenes is 1. The third-order valence-electron chi connectivity index (χ3n) is 4.46. The normalized spacial score (nSPS) is 10.4. The first-order valence-corrected chi connectivity index (χ1v) is 8.99. The van der Waals surface area contributed by atoms with Crippen LogP contribution in [0.2, 0.25) is 0 Å². The van der Waals surface area contributed by atoms with Gasteiger partial charge in [-0.25, -0.2) is 9.97 Å². The number of benzene rings is 1. The first-order valence-electron chi connectivity index (χ1n) is 8.99. The van der Waals surface area contributed by atoms with E-state index in [4.69, 9.17) is 25.9 Å². The molecule has 0 bridgehead atoms. The molecule has 29 heavy (non-hydrogen) atoms. The van der Waals surface area contributed by atoms with Gasteiger partial charge in [0.05, 0.1) is 27.5 Å². The van der Waals surface area contributed by atoms with E-state index in [-0.39, 0.29) is 5.82 Å². The average molecular weight is 391 g/mol. The number of methoxy groups -OCH3 is 3. The summed E-state index contributed by atoms with van der Waals surface area (Å²) in [5, 5.41) is 9.14. The van der Waals surface area contributed by atoms with Crippen molar-refractivity contribution in [3.05, 3.63) is 35.5 Å². The lowest BCUT2D eigenvalue weighted by atomic mass is 10.1. The molecule has 2 heterocycles. The second-order valence-electron chi connectivity index (χ2n) is 6.21. The minimum atomic E-state index is 0.106. The third kappa shape index (κ3) is 4.07. The Bertz CT molecular complexity index is 1080. The van der Waals surface area contributed by atoms with Crippen molar-refractivity contribution in [2.24, 2.45) is 0 Å².